The van der Waals surface area contributed by atoms with Gasteiger partial charge in [0.25, 0.3) is 5.91 Å². The van der Waals surface area contributed by atoms with Gasteiger partial charge in [-0.05, 0) is 38.1 Å². The summed E-state index contributed by atoms with van der Waals surface area (Å²) in [6.07, 6.45) is 1.97. The largest absolute Gasteiger partial charge is 0.486 e. The van der Waals surface area contributed by atoms with Gasteiger partial charge in [0.2, 0.25) is 0 Å². The second-order valence-electron chi connectivity index (χ2n) is 6.25. The molecule has 1 aromatic carbocycles. The molecule has 0 unspecified atom stereocenters. The fourth-order valence-electron chi connectivity index (χ4n) is 3.21. The lowest BCUT2D eigenvalue weighted by Gasteiger charge is -2.31. The predicted octanol–water partition coefficient (Wildman–Crippen LogP) is 2.41. The average molecular weight is 359 g/mol. The van der Waals surface area contributed by atoms with Crippen LogP contribution in [0, 0.1) is 0 Å². The van der Waals surface area contributed by atoms with Gasteiger partial charge in [0.15, 0.2) is 11.5 Å². The van der Waals surface area contributed by atoms with Gasteiger partial charge in [-0.25, -0.2) is 4.98 Å². The molecule has 6 nitrogen and oxygen atoms in total. The number of fused-ring (bicyclic) bond motifs is 1. The van der Waals surface area contributed by atoms with Gasteiger partial charge in [-0.1, -0.05) is 0 Å². The summed E-state index contributed by atoms with van der Waals surface area (Å²) in [4.78, 5) is 19.1. The number of nitrogens with zero attached hydrogens (tertiary/aromatic N) is 2. The molecule has 1 N–H and O–H groups in total. The normalized spacial score (nSPS) is 17.6. The van der Waals surface area contributed by atoms with Crippen LogP contribution in [0.3, 0.4) is 0 Å². The van der Waals surface area contributed by atoms with E-state index in [4.69, 9.17) is 9.47 Å². The zero-order valence-corrected chi connectivity index (χ0v) is 15.0. The Morgan fingerprint density at radius 1 is 1.24 bits per heavy atom. The first-order valence-electron chi connectivity index (χ1n) is 8.56. The van der Waals surface area contributed by atoms with E-state index in [0.29, 0.717) is 24.9 Å². The third-order valence-electron chi connectivity index (χ3n) is 4.70. The van der Waals surface area contributed by atoms with Crippen LogP contribution < -0.4 is 14.8 Å². The highest BCUT2D eigenvalue weighted by Crippen LogP contribution is 2.35. The highest BCUT2D eigenvalue weighted by molar-refractivity contribution is 7.13. The minimum atomic E-state index is 0.0228. The maximum Gasteiger partial charge on any atom is 0.273 e. The lowest BCUT2D eigenvalue weighted by atomic mass is 10.1. The number of hydrogen-bond donors (Lipinski definition) is 1. The summed E-state index contributed by atoms with van der Waals surface area (Å²) in [5, 5.41) is 5.95. The summed E-state index contributed by atoms with van der Waals surface area (Å²) >= 11 is 1.48. The van der Waals surface area contributed by atoms with Gasteiger partial charge in [-0.3, -0.25) is 4.79 Å². The molecule has 1 aromatic heterocycles. The molecule has 0 saturated carbocycles. The standard InChI is InChI=1S/C18H21N3O3S/c1-19-13-4-6-21(7-5-13)18(22)14-11-25-17(20-14)12-2-3-15-16(10-12)24-9-8-23-15/h2-3,10-11,13,19H,4-9H2,1H3. The molecule has 0 bridgehead atoms. The first-order valence-corrected chi connectivity index (χ1v) is 9.44. The van der Waals surface area contributed by atoms with Gasteiger partial charge < -0.3 is 19.7 Å². The maximum atomic E-state index is 12.7. The van der Waals surface area contributed by atoms with Crippen molar-refractivity contribution in [2.45, 2.75) is 18.9 Å². The number of ether oxygens (including phenoxy) is 2. The molecule has 4 rings (SSSR count). The van der Waals surface area contributed by atoms with Crippen LogP contribution in [0.25, 0.3) is 10.6 Å². The van der Waals surface area contributed by atoms with Crippen molar-refractivity contribution in [1.82, 2.24) is 15.2 Å². The van der Waals surface area contributed by atoms with Gasteiger partial charge in [0, 0.05) is 30.1 Å². The van der Waals surface area contributed by atoms with Crippen molar-refractivity contribution >= 4 is 17.2 Å². The average Bonchev–Trinajstić information content (AvgIpc) is 3.17. The molecule has 1 fully saturated rings. The number of nitrogens with one attached hydrogen (secondary N) is 1. The number of aromatic nitrogens is 1. The number of piperidine rings is 1. The SMILES string of the molecule is CNC1CCN(C(=O)c2csc(-c3ccc4c(c3)OCCO4)n2)CC1. The molecule has 2 aromatic rings. The molecule has 25 heavy (non-hydrogen) atoms. The number of likely N-dealkylation sites (tertiary alicyclic amines) is 1. The first-order chi connectivity index (χ1) is 12.2. The monoisotopic (exact) mass is 359 g/mol. The summed E-state index contributed by atoms with van der Waals surface area (Å²) in [5.74, 6) is 1.52. The smallest absolute Gasteiger partial charge is 0.273 e. The van der Waals surface area contributed by atoms with E-state index in [9.17, 15) is 4.79 Å². The summed E-state index contributed by atoms with van der Waals surface area (Å²) in [5.41, 5.74) is 1.47. The van der Waals surface area contributed by atoms with Gasteiger partial charge >= 0.3 is 0 Å². The molecule has 0 aliphatic carbocycles. The van der Waals surface area contributed by atoms with Crippen LogP contribution in [-0.2, 0) is 0 Å². The van der Waals surface area contributed by atoms with E-state index < -0.39 is 0 Å². The second kappa shape index (κ2) is 7.01. The van der Waals surface area contributed by atoms with Crippen molar-refractivity contribution < 1.29 is 14.3 Å². The van der Waals surface area contributed by atoms with Crippen molar-refractivity contribution in [1.29, 1.82) is 0 Å². The van der Waals surface area contributed by atoms with Crippen molar-refractivity contribution in [3.05, 3.63) is 29.3 Å². The molecule has 0 atom stereocenters. The van der Waals surface area contributed by atoms with E-state index in [0.717, 1.165) is 48.0 Å². The molecular weight excluding hydrogens is 338 g/mol. The number of thiazole rings is 1. The fraction of sp³-hybridized carbons (Fsp3) is 0.444. The third kappa shape index (κ3) is 3.34. The number of amides is 1. The Morgan fingerprint density at radius 2 is 2.00 bits per heavy atom. The molecule has 2 aliphatic heterocycles. The van der Waals surface area contributed by atoms with Crippen LogP contribution in [0.15, 0.2) is 23.6 Å². The van der Waals surface area contributed by atoms with Crippen LogP contribution in [-0.4, -0.2) is 55.2 Å². The molecule has 1 saturated heterocycles. The predicted molar refractivity (Wildman–Crippen MR) is 96.5 cm³/mol. The zero-order valence-electron chi connectivity index (χ0n) is 14.2. The number of hydrogen-bond acceptors (Lipinski definition) is 6. The molecule has 1 amide bonds. The molecule has 2 aliphatic rings. The Kier molecular flexibility index (Phi) is 4.59. The third-order valence-corrected chi connectivity index (χ3v) is 5.59. The van der Waals surface area contributed by atoms with Crippen molar-refractivity contribution in [3.63, 3.8) is 0 Å². The number of carbonyl (C=O) groups is 1. The lowest BCUT2D eigenvalue weighted by Crippen LogP contribution is -2.44. The van der Waals surface area contributed by atoms with Crippen LogP contribution in [0.1, 0.15) is 23.3 Å². The Bertz CT molecular complexity index is 769. The minimum Gasteiger partial charge on any atom is -0.486 e. The van der Waals surface area contributed by atoms with Gasteiger partial charge in [-0.2, -0.15) is 0 Å². The van der Waals surface area contributed by atoms with Crippen LogP contribution in [0.4, 0.5) is 0 Å². The van der Waals surface area contributed by atoms with Crippen LogP contribution in [0.2, 0.25) is 0 Å². The van der Waals surface area contributed by atoms with E-state index in [1.807, 2.05) is 35.5 Å². The topological polar surface area (TPSA) is 63.7 Å². The summed E-state index contributed by atoms with van der Waals surface area (Å²) < 4.78 is 11.2. The number of benzene rings is 1. The van der Waals surface area contributed by atoms with E-state index in [1.165, 1.54) is 11.3 Å². The van der Waals surface area contributed by atoms with E-state index in [2.05, 4.69) is 10.3 Å². The van der Waals surface area contributed by atoms with Crippen molar-refractivity contribution in [3.8, 4) is 22.1 Å². The molecule has 7 heteroatoms. The quantitative estimate of drug-likeness (QED) is 0.912. The number of carbonyl (C=O) groups excluding carboxylic acids is 1. The molecule has 0 radical (unpaired) electrons. The summed E-state index contributed by atoms with van der Waals surface area (Å²) in [6, 6.07) is 6.29. The van der Waals surface area contributed by atoms with Crippen molar-refractivity contribution in [2.75, 3.05) is 33.4 Å². The molecular formula is C18H21N3O3S. The van der Waals surface area contributed by atoms with Gasteiger partial charge in [0.1, 0.15) is 23.9 Å². The summed E-state index contributed by atoms with van der Waals surface area (Å²) in [6.45, 7) is 2.69. The van der Waals surface area contributed by atoms with E-state index in [-0.39, 0.29) is 5.91 Å². The number of rotatable bonds is 3. The Labute approximate surface area is 150 Å². The van der Waals surface area contributed by atoms with Crippen LogP contribution in [0.5, 0.6) is 11.5 Å². The molecule has 132 valence electrons. The first kappa shape index (κ1) is 16.4. The van der Waals surface area contributed by atoms with E-state index in [1.54, 1.807) is 0 Å². The second-order valence-corrected chi connectivity index (χ2v) is 7.11. The zero-order chi connectivity index (χ0) is 17.2. The fourth-order valence-corrected chi connectivity index (χ4v) is 4.01. The summed E-state index contributed by atoms with van der Waals surface area (Å²) in [7, 11) is 1.97. The lowest BCUT2D eigenvalue weighted by molar-refractivity contribution is 0.0702. The highest BCUT2D eigenvalue weighted by Gasteiger charge is 2.24. The minimum absolute atomic E-state index is 0.0228. The molecule has 3 heterocycles. The van der Waals surface area contributed by atoms with Crippen LogP contribution >= 0.6 is 11.3 Å². The van der Waals surface area contributed by atoms with Gasteiger partial charge in [0.05, 0.1) is 0 Å². The molecule has 0 spiro atoms. The Balaban J connectivity index is 1.49. The Hall–Kier alpha value is -2.12. The highest BCUT2D eigenvalue weighted by atomic mass is 32.1. The van der Waals surface area contributed by atoms with Crippen molar-refractivity contribution in [2.24, 2.45) is 0 Å². The Morgan fingerprint density at radius 3 is 2.76 bits per heavy atom. The van der Waals surface area contributed by atoms with Gasteiger partial charge in [-0.15, -0.1) is 11.3 Å². The van der Waals surface area contributed by atoms with E-state index >= 15 is 0 Å². The maximum absolute atomic E-state index is 12.7.